The number of hydrogen-bond acceptors (Lipinski definition) is 8. The zero-order valence-corrected chi connectivity index (χ0v) is 15.0. The highest BCUT2D eigenvalue weighted by molar-refractivity contribution is 5.96. The zero-order chi connectivity index (χ0) is 19.1. The summed E-state index contributed by atoms with van der Waals surface area (Å²) in [5, 5.41) is 14.1. The monoisotopic (exact) mass is 365 g/mol. The minimum Gasteiger partial charge on any atom is -0.497 e. The Morgan fingerprint density at radius 3 is 2.59 bits per heavy atom. The SMILES string of the molecule is COC(=O)c1ccccc1Nc1nncc(NCc2ccc(OC)cc2)n1. The molecule has 0 amide bonds. The molecular formula is C19H19N5O3. The van der Waals surface area contributed by atoms with Crippen molar-refractivity contribution in [2.24, 2.45) is 0 Å². The number of carbonyl (C=O) groups excluding carboxylic acids is 1. The Morgan fingerprint density at radius 1 is 1.07 bits per heavy atom. The summed E-state index contributed by atoms with van der Waals surface area (Å²) in [5.74, 6) is 1.18. The third-order valence-corrected chi connectivity index (χ3v) is 3.77. The molecule has 0 spiro atoms. The number of aromatic nitrogens is 3. The summed E-state index contributed by atoms with van der Waals surface area (Å²) in [6, 6.07) is 14.7. The van der Waals surface area contributed by atoms with Gasteiger partial charge in [0.1, 0.15) is 5.75 Å². The molecule has 0 aliphatic heterocycles. The fourth-order valence-electron chi connectivity index (χ4n) is 2.38. The molecule has 1 heterocycles. The highest BCUT2D eigenvalue weighted by atomic mass is 16.5. The molecule has 2 aromatic carbocycles. The maximum absolute atomic E-state index is 11.9. The lowest BCUT2D eigenvalue weighted by Gasteiger charge is -2.10. The van der Waals surface area contributed by atoms with Crippen LogP contribution in [0.25, 0.3) is 0 Å². The van der Waals surface area contributed by atoms with Crippen LogP contribution in [0.3, 0.4) is 0 Å². The van der Waals surface area contributed by atoms with Crippen molar-refractivity contribution in [3.8, 4) is 5.75 Å². The van der Waals surface area contributed by atoms with Gasteiger partial charge in [-0.15, -0.1) is 5.10 Å². The average Bonchev–Trinajstić information content (AvgIpc) is 2.73. The normalized spacial score (nSPS) is 10.1. The summed E-state index contributed by atoms with van der Waals surface area (Å²) in [6.45, 7) is 0.570. The molecule has 0 saturated carbocycles. The molecule has 0 bridgehead atoms. The van der Waals surface area contributed by atoms with E-state index in [0.717, 1.165) is 11.3 Å². The van der Waals surface area contributed by atoms with Gasteiger partial charge in [0, 0.05) is 6.54 Å². The Kier molecular flexibility index (Phi) is 5.78. The van der Waals surface area contributed by atoms with Gasteiger partial charge in [-0.2, -0.15) is 10.1 Å². The lowest BCUT2D eigenvalue weighted by molar-refractivity contribution is 0.0602. The quantitative estimate of drug-likeness (QED) is 0.617. The van der Waals surface area contributed by atoms with Gasteiger partial charge in [-0.1, -0.05) is 24.3 Å². The first-order valence-corrected chi connectivity index (χ1v) is 8.20. The number of rotatable bonds is 7. The van der Waals surface area contributed by atoms with Gasteiger partial charge in [0.25, 0.3) is 0 Å². The Morgan fingerprint density at radius 2 is 1.85 bits per heavy atom. The second kappa shape index (κ2) is 8.61. The first kappa shape index (κ1) is 18.1. The largest absolute Gasteiger partial charge is 0.497 e. The van der Waals surface area contributed by atoms with Crippen LogP contribution in [0.4, 0.5) is 17.5 Å². The molecule has 3 aromatic rings. The molecule has 0 saturated heterocycles. The maximum Gasteiger partial charge on any atom is 0.339 e. The summed E-state index contributed by atoms with van der Waals surface area (Å²) >= 11 is 0. The van der Waals surface area contributed by atoms with Crippen LogP contribution >= 0.6 is 0 Å². The Hall–Kier alpha value is -3.68. The number of carbonyl (C=O) groups is 1. The number of ether oxygens (including phenoxy) is 2. The van der Waals surface area contributed by atoms with Gasteiger partial charge in [0.05, 0.1) is 31.7 Å². The number of hydrogen-bond donors (Lipinski definition) is 2. The number of nitrogens with zero attached hydrogens (tertiary/aromatic N) is 3. The highest BCUT2D eigenvalue weighted by Gasteiger charge is 2.12. The third kappa shape index (κ3) is 4.69. The van der Waals surface area contributed by atoms with E-state index in [1.165, 1.54) is 13.3 Å². The summed E-state index contributed by atoms with van der Waals surface area (Å²) in [5.41, 5.74) is 2.00. The first-order chi connectivity index (χ1) is 13.2. The molecule has 0 unspecified atom stereocenters. The van der Waals surface area contributed by atoms with Gasteiger partial charge < -0.3 is 20.1 Å². The molecule has 138 valence electrons. The lowest BCUT2D eigenvalue weighted by Crippen LogP contribution is -2.09. The van der Waals surface area contributed by atoms with Gasteiger partial charge >= 0.3 is 5.97 Å². The van der Waals surface area contributed by atoms with Crippen LogP contribution in [0.2, 0.25) is 0 Å². The van der Waals surface area contributed by atoms with E-state index in [1.54, 1.807) is 31.4 Å². The van der Waals surface area contributed by atoms with Gasteiger partial charge in [-0.05, 0) is 29.8 Å². The van der Waals surface area contributed by atoms with Crippen molar-refractivity contribution in [3.05, 3.63) is 65.9 Å². The van der Waals surface area contributed by atoms with Gasteiger partial charge in [0.15, 0.2) is 5.82 Å². The van der Waals surface area contributed by atoms with Gasteiger partial charge in [-0.25, -0.2) is 4.79 Å². The molecule has 3 rings (SSSR count). The first-order valence-electron chi connectivity index (χ1n) is 8.20. The van der Waals surface area contributed by atoms with Crippen molar-refractivity contribution < 1.29 is 14.3 Å². The number of methoxy groups -OCH3 is 2. The van der Waals surface area contributed by atoms with Crippen LogP contribution in [0, 0.1) is 0 Å². The molecule has 27 heavy (non-hydrogen) atoms. The van der Waals surface area contributed by atoms with E-state index in [2.05, 4.69) is 25.8 Å². The molecule has 0 radical (unpaired) electrons. The van der Waals surface area contributed by atoms with Crippen molar-refractivity contribution in [2.45, 2.75) is 6.54 Å². The summed E-state index contributed by atoms with van der Waals surface area (Å²) in [6.07, 6.45) is 1.53. The van der Waals surface area contributed by atoms with Crippen LogP contribution in [-0.2, 0) is 11.3 Å². The fourth-order valence-corrected chi connectivity index (χ4v) is 2.38. The van der Waals surface area contributed by atoms with Crippen molar-refractivity contribution >= 4 is 23.4 Å². The second-order valence-electron chi connectivity index (χ2n) is 5.53. The van der Waals surface area contributed by atoms with E-state index < -0.39 is 5.97 Å². The predicted molar refractivity (Wildman–Crippen MR) is 101 cm³/mol. The van der Waals surface area contributed by atoms with E-state index >= 15 is 0 Å². The van der Waals surface area contributed by atoms with Crippen LogP contribution in [0.1, 0.15) is 15.9 Å². The molecule has 0 aliphatic carbocycles. The summed E-state index contributed by atoms with van der Waals surface area (Å²) in [7, 11) is 2.97. The van der Waals surface area contributed by atoms with E-state index in [1.807, 2.05) is 24.3 Å². The number of nitrogens with one attached hydrogen (secondary N) is 2. The van der Waals surface area contributed by atoms with E-state index in [-0.39, 0.29) is 5.95 Å². The number of benzene rings is 2. The summed E-state index contributed by atoms with van der Waals surface area (Å²) in [4.78, 5) is 16.2. The minimum atomic E-state index is -0.445. The Bertz CT molecular complexity index is 915. The lowest BCUT2D eigenvalue weighted by atomic mass is 10.2. The van der Waals surface area contributed by atoms with Crippen LogP contribution in [0.5, 0.6) is 5.75 Å². The Labute approximate surface area is 156 Å². The van der Waals surface area contributed by atoms with E-state index in [4.69, 9.17) is 9.47 Å². The molecule has 0 aliphatic rings. The molecule has 0 fully saturated rings. The van der Waals surface area contributed by atoms with Crippen LogP contribution in [-0.4, -0.2) is 35.4 Å². The van der Waals surface area contributed by atoms with Gasteiger partial charge in [0.2, 0.25) is 5.95 Å². The van der Waals surface area contributed by atoms with E-state index in [0.29, 0.717) is 23.6 Å². The van der Waals surface area contributed by atoms with Crippen molar-refractivity contribution in [1.82, 2.24) is 15.2 Å². The standard InChI is InChI=1S/C19H19N5O3/c1-26-14-9-7-13(8-10-14)11-20-17-12-21-24-19(23-17)22-16-6-4-3-5-15(16)18(25)27-2/h3-10,12H,11H2,1-2H3,(H2,20,22,23,24). The van der Waals surface area contributed by atoms with E-state index in [9.17, 15) is 4.79 Å². The third-order valence-electron chi connectivity index (χ3n) is 3.77. The van der Waals surface area contributed by atoms with Crippen molar-refractivity contribution in [3.63, 3.8) is 0 Å². The molecule has 1 aromatic heterocycles. The van der Waals surface area contributed by atoms with Crippen LogP contribution in [0.15, 0.2) is 54.7 Å². The topological polar surface area (TPSA) is 98.3 Å². The summed E-state index contributed by atoms with van der Waals surface area (Å²) < 4.78 is 9.93. The maximum atomic E-state index is 11.9. The molecule has 8 heteroatoms. The predicted octanol–water partition coefficient (Wildman–Crippen LogP) is 3.02. The van der Waals surface area contributed by atoms with Crippen LogP contribution < -0.4 is 15.4 Å². The molecule has 0 atom stereocenters. The minimum absolute atomic E-state index is 0.270. The van der Waals surface area contributed by atoms with Crippen molar-refractivity contribution in [1.29, 1.82) is 0 Å². The average molecular weight is 365 g/mol. The van der Waals surface area contributed by atoms with Gasteiger partial charge in [-0.3, -0.25) is 0 Å². The number of esters is 1. The highest BCUT2D eigenvalue weighted by Crippen LogP contribution is 2.20. The second-order valence-corrected chi connectivity index (χ2v) is 5.53. The smallest absolute Gasteiger partial charge is 0.339 e. The zero-order valence-electron chi connectivity index (χ0n) is 15.0. The fraction of sp³-hybridized carbons (Fsp3) is 0.158. The number of anilines is 3. The number of para-hydroxylation sites is 1. The molecule has 2 N–H and O–H groups in total. The Balaban J connectivity index is 1.69. The van der Waals surface area contributed by atoms with Crippen molar-refractivity contribution in [2.75, 3.05) is 24.9 Å². The molecule has 8 nitrogen and oxygen atoms in total. The molecular weight excluding hydrogens is 346 g/mol.